The first-order chi connectivity index (χ1) is 15.0. The van der Waals surface area contributed by atoms with E-state index in [1.807, 2.05) is 19.1 Å². The lowest BCUT2D eigenvalue weighted by Crippen LogP contribution is -2.26. The molecule has 1 fully saturated rings. The molecule has 1 aromatic heterocycles. The number of benzene rings is 1. The van der Waals surface area contributed by atoms with E-state index in [4.69, 9.17) is 13.9 Å². The molecule has 1 aliphatic carbocycles. The van der Waals surface area contributed by atoms with Crippen molar-refractivity contribution in [1.82, 2.24) is 4.98 Å². The average molecular weight is 446 g/mol. The fraction of sp³-hybridized carbons (Fsp3) is 0.600. The molecule has 0 aliphatic heterocycles. The minimum atomic E-state index is -0.0960. The summed E-state index contributed by atoms with van der Waals surface area (Å²) < 4.78 is 17.1. The smallest absolute Gasteiger partial charge is 0.318 e. The summed E-state index contributed by atoms with van der Waals surface area (Å²) in [6.45, 7) is 6.60. The number of carbonyl (C=O) groups excluding carboxylic acids is 1. The highest BCUT2D eigenvalue weighted by atomic mass is 32.2. The Morgan fingerprint density at radius 3 is 2.74 bits per heavy atom. The van der Waals surface area contributed by atoms with E-state index in [0.29, 0.717) is 18.4 Å². The van der Waals surface area contributed by atoms with Gasteiger partial charge in [0.05, 0.1) is 19.8 Å². The highest BCUT2D eigenvalue weighted by molar-refractivity contribution is 8.00. The van der Waals surface area contributed by atoms with Crippen LogP contribution in [0.25, 0.3) is 11.5 Å². The normalized spacial score (nSPS) is 19.9. The maximum absolute atomic E-state index is 12.0. The van der Waals surface area contributed by atoms with Gasteiger partial charge in [-0.05, 0) is 63.3 Å². The zero-order valence-corrected chi connectivity index (χ0v) is 20.0. The molecular weight excluding hydrogens is 410 g/mol. The maximum Gasteiger partial charge on any atom is 0.318 e. The monoisotopic (exact) mass is 445 g/mol. The summed E-state index contributed by atoms with van der Waals surface area (Å²) >= 11 is 1.75. The summed E-state index contributed by atoms with van der Waals surface area (Å²) in [6, 6.07) is 8.20. The van der Waals surface area contributed by atoms with Crippen molar-refractivity contribution in [2.75, 3.05) is 12.9 Å². The molecule has 0 spiro atoms. The molecule has 2 aromatic rings. The van der Waals surface area contributed by atoms with Gasteiger partial charge < -0.3 is 13.9 Å². The van der Waals surface area contributed by atoms with Gasteiger partial charge in [-0.2, -0.15) is 0 Å². The molecule has 3 rings (SSSR count). The van der Waals surface area contributed by atoms with Gasteiger partial charge in [0.15, 0.2) is 0 Å². The number of hydrogen-bond acceptors (Lipinski definition) is 6. The lowest BCUT2D eigenvalue weighted by Gasteiger charge is -2.29. The minimum absolute atomic E-state index is 0.0470. The average Bonchev–Trinajstić information content (AvgIpc) is 3.16. The third-order valence-electron chi connectivity index (χ3n) is 5.93. The van der Waals surface area contributed by atoms with Crippen molar-refractivity contribution in [2.24, 2.45) is 5.92 Å². The first-order valence-corrected chi connectivity index (χ1v) is 12.4. The van der Waals surface area contributed by atoms with Gasteiger partial charge in [-0.15, -0.1) is 11.8 Å². The van der Waals surface area contributed by atoms with Crippen molar-refractivity contribution >= 4 is 17.7 Å². The first kappa shape index (κ1) is 23.9. The molecule has 1 aliphatic rings. The largest absolute Gasteiger partial charge is 0.468 e. The first-order valence-electron chi connectivity index (χ1n) is 11.3. The van der Waals surface area contributed by atoms with Crippen molar-refractivity contribution < 1.29 is 18.7 Å². The molecule has 3 atom stereocenters. The Morgan fingerprint density at radius 1 is 1.26 bits per heavy atom. The summed E-state index contributed by atoms with van der Waals surface area (Å²) in [5.74, 6) is 2.94. The number of ether oxygens (including phenoxy) is 2. The van der Waals surface area contributed by atoms with E-state index in [2.05, 4.69) is 31.0 Å². The molecule has 1 saturated carbocycles. The van der Waals surface area contributed by atoms with Crippen LogP contribution in [-0.2, 0) is 20.9 Å². The van der Waals surface area contributed by atoms with Crippen LogP contribution in [0.5, 0.6) is 0 Å². The Hall–Kier alpha value is -1.79. The van der Waals surface area contributed by atoms with Crippen LogP contribution in [0, 0.1) is 19.8 Å². The van der Waals surface area contributed by atoms with Crippen LogP contribution >= 0.6 is 11.8 Å². The van der Waals surface area contributed by atoms with Crippen molar-refractivity contribution in [3.8, 4) is 11.5 Å². The number of aromatic nitrogens is 1. The van der Waals surface area contributed by atoms with E-state index in [-0.39, 0.29) is 17.3 Å². The predicted molar refractivity (Wildman–Crippen MR) is 125 cm³/mol. The molecule has 170 valence electrons. The van der Waals surface area contributed by atoms with Crippen LogP contribution in [0.2, 0.25) is 0 Å². The van der Waals surface area contributed by atoms with Gasteiger partial charge in [0.25, 0.3) is 0 Å². The lowest BCUT2D eigenvalue weighted by atomic mass is 9.88. The second-order valence-corrected chi connectivity index (χ2v) is 9.72. The fourth-order valence-electron chi connectivity index (χ4n) is 4.04. The van der Waals surface area contributed by atoms with Gasteiger partial charge in [0.1, 0.15) is 16.7 Å². The molecule has 3 unspecified atom stereocenters. The maximum atomic E-state index is 12.0. The van der Waals surface area contributed by atoms with E-state index in [1.54, 1.807) is 11.8 Å². The van der Waals surface area contributed by atoms with E-state index in [0.717, 1.165) is 48.5 Å². The standard InChI is InChI=1S/C25H35NO4S/c1-5-7-23(25(27)28-4)31-16-19-8-6-9-21(14-19)29-15-22-18(3)30-24(26-22)20-12-10-17(2)11-13-20/h10-13,19,21,23H,5-9,14-16H2,1-4H3. The zero-order chi connectivity index (χ0) is 22.2. The summed E-state index contributed by atoms with van der Waals surface area (Å²) in [5, 5.41) is -0.0470. The molecule has 0 bridgehead atoms. The number of aryl methyl sites for hydroxylation is 2. The van der Waals surface area contributed by atoms with Crippen molar-refractivity contribution in [2.45, 2.75) is 77.3 Å². The summed E-state index contributed by atoms with van der Waals surface area (Å²) in [5.41, 5.74) is 3.08. The molecule has 0 saturated heterocycles. The van der Waals surface area contributed by atoms with Crippen molar-refractivity contribution in [3.05, 3.63) is 41.3 Å². The number of methoxy groups -OCH3 is 1. The minimum Gasteiger partial charge on any atom is -0.468 e. The van der Waals surface area contributed by atoms with Gasteiger partial charge in [0.2, 0.25) is 5.89 Å². The number of esters is 1. The molecule has 0 radical (unpaired) electrons. The Balaban J connectivity index is 1.50. The molecular formula is C25H35NO4S. The Labute approximate surface area is 190 Å². The Bertz CT molecular complexity index is 833. The van der Waals surface area contributed by atoms with Crippen LogP contribution in [0.15, 0.2) is 28.7 Å². The number of thioether (sulfide) groups is 1. The van der Waals surface area contributed by atoms with E-state index in [1.165, 1.54) is 25.5 Å². The zero-order valence-electron chi connectivity index (χ0n) is 19.2. The van der Waals surface area contributed by atoms with Gasteiger partial charge in [-0.1, -0.05) is 37.5 Å². The van der Waals surface area contributed by atoms with E-state index >= 15 is 0 Å². The fourth-order valence-corrected chi connectivity index (χ4v) is 5.48. The predicted octanol–water partition coefficient (Wildman–Crippen LogP) is 6.11. The van der Waals surface area contributed by atoms with Crippen LogP contribution < -0.4 is 0 Å². The summed E-state index contributed by atoms with van der Waals surface area (Å²) in [7, 11) is 1.48. The third kappa shape index (κ3) is 6.84. The number of carbonyl (C=O) groups is 1. The molecule has 5 nitrogen and oxygen atoms in total. The molecule has 0 amide bonds. The van der Waals surface area contributed by atoms with Crippen LogP contribution in [0.3, 0.4) is 0 Å². The summed E-state index contributed by atoms with van der Waals surface area (Å²) in [4.78, 5) is 16.6. The van der Waals surface area contributed by atoms with Gasteiger partial charge in [-0.3, -0.25) is 4.79 Å². The van der Waals surface area contributed by atoms with Crippen LogP contribution in [0.1, 0.15) is 62.5 Å². The number of hydrogen-bond donors (Lipinski definition) is 0. The lowest BCUT2D eigenvalue weighted by molar-refractivity contribution is -0.140. The quantitative estimate of drug-likeness (QED) is 0.411. The van der Waals surface area contributed by atoms with Gasteiger partial charge in [-0.25, -0.2) is 4.98 Å². The second kappa shape index (κ2) is 11.7. The Morgan fingerprint density at radius 2 is 2.03 bits per heavy atom. The molecule has 0 N–H and O–H groups in total. The highest BCUT2D eigenvalue weighted by Crippen LogP contribution is 2.32. The highest BCUT2D eigenvalue weighted by Gasteiger charge is 2.26. The third-order valence-corrected chi connectivity index (χ3v) is 7.42. The Kier molecular flexibility index (Phi) is 9.02. The number of nitrogens with zero attached hydrogens (tertiary/aromatic N) is 1. The number of oxazole rings is 1. The summed E-state index contributed by atoms with van der Waals surface area (Å²) in [6.07, 6.45) is 6.59. The van der Waals surface area contributed by atoms with Gasteiger partial charge >= 0.3 is 5.97 Å². The number of rotatable bonds is 10. The topological polar surface area (TPSA) is 61.6 Å². The van der Waals surface area contributed by atoms with E-state index in [9.17, 15) is 4.79 Å². The molecule has 6 heteroatoms. The SMILES string of the molecule is CCCC(SCC1CCCC(OCc2nc(-c3ccc(C)cc3)oc2C)C1)C(=O)OC. The molecule has 31 heavy (non-hydrogen) atoms. The van der Waals surface area contributed by atoms with Crippen LogP contribution in [-0.4, -0.2) is 35.2 Å². The van der Waals surface area contributed by atoms with Crippen molar-refractivity contribution in [1.29, 1.82) is 0 Å². The van der Waals surface area contributed by atoms with Crippen molar-refractivity contribution in [3.63, 3.8) is 0 Å². The van der Waals surface area contributed by atoms with Crippen LogP contribution in [0.4, 0.5) is 0 Å². The molecule has 1 heterocycles. The second-order valence-electron chi connectivity index (χ2n) is 8.49. The molecule has 1 aromatic carbocycles. The van der Waals surface area contributed by atoms with Gasteiger partial charge in [0, 0.05) is 5.56 Å². The van der Waals surface area contributed by atoms with E-state index < -0.39 is 0 Å².